The molecule has 0 saturated heterocycles. The topological polar surface area (TPSA) is 237 Å². The fourth-order valence-electron chi connectivity index (χ4n) is 12.1. The molecule has 6 atom stereocenters. The number of esters is 4. The molecule has 19 heteroatoms. The lowest BCUT2D eigenvalue weighted by atomic mass is 9.99. The quantitative estimate of drug-likeness (QED) is 0.0169. The first-order valence-electron chi connectivity index (χ1n) is 41.7. The van der Waals surface area contributed by atoms with Crippen LogP contribution in [0.3, 0.4) is 0 Å². The van der Waals surface area contributed by atoms with Crippen LogP contribution in [-0.2, 0) is 65.4 Å². The van der Waals surface area contributed by atoms with Crippen LogP contribution in [-0.4, -0.2) is 96.7 Å². The van der Waals surface area contributed by atoms with Gasteiger partial charge in [0.1, 0.15) is 19.3 Å². The molecule has 0 rings (SSSR count). The molecule has 0 saturated carbocycles. The third-order valence-electron chi connectivity index (χ3n) is 18.9. The van der Waals surface area contributed by atoms with Crippen LogP contribution in [0, 0.1) is 17.8 Å². The molecule has 3 N–H and O–H groups in total. The smallest absolute Gasteiger partial charge is 0.462 e. The average molecular weight is 1480 g/mol. The van der Waals surface area contributed by atoms with Gasteiger partial charge in [-0.3, -0.25) is 37.3 Å². The number of unbranched alkanes of at least 4 members (excludes halogenated alkanes) is 42. The third-order valence-corrected chi connectivity index (χ3v) is 20.8. The largest absolute Gasteiger partial charge is 0.472 e. The summed E-state index contributed by atoms with van der Waals surface area (Å²) in [5, 5.41) is 10.6. The second kappa shape index (κ2) is 71.8. The molecule has 3 unspecified atom stereocenters. The number of aliphatic hydroxyl groups excluding tert-OH is 1. The van der Waals surface area contributed by atoms with Crippen molar-refractivity contribution in [3.63, 3.8) is 0 Å². The number of phosphoric acid groups is 2. The number of hydrogen-bond acceptors (Lipinski definition) is 15. The van der Waals surface area contributed by atoms with Crippen LogP contribution in [0.2, 0.25) is 0 Å². The Kier molecular flexibility index (Phi) is 70.0. The number of hydrogen-bond donors (Lipinski definition) is 3. The molecule has 0 bridgehead atoms. The lowest BCUT2D eigenvalue weighted by Crippen LogP contribution is -2.30. The van der Waals surface area contributed by atoms with Crippen LogP contribution in [0.15, 0.2) is 24.3 Å². The number of carbonyl (C=O) groups is 4. The van der Waals surface area contributed by atoms with Gasteiger partial charge in [0.05, 0.1) is 26.4 Å². The first-order valence-corrected chi connectivity index (χ1v) is 44.7. The number of ether oxygens (including phenoxy) is 4. The van der Waals surface area contributed by atoms with E-state index < -0.39 is 97.5 Å². The number of carbonyl (C=O) groups excluding carboxylic acids is 4. The van der Waals surface area contributed by atoms with Crippen LogP contribution in [0.25, 0.3) is 0 Å². The van der Waals surface area contributed by atoms with Crippen molar-refractivity contribution in [1.82, 2.24) is 0 Å². The van der Waals surface area contributed by atoms with Gasteiger partial charge in [-0.25, -0.2) is 9.13 Å². The van der Waals surface area contributed by atoms with Crippen LogP contribution in [0.4, 0.5) is 0 Å². The zero-order chi connectivity index (χ0) is 74.4. The van der Waals surface area contributed by atoms with Crippen molar-refractivity contribution in [1.29, 1.82) is 0 Å². The van der Waals surface area contributed by atoms with Crippen molar-refractivity contribution in [3.8, 4) is 0 Å². The van der Waals surface area contributed by atoms with E-state index in [1.165, 1.54) is 193 Å². The summed E-state index contributed by atoms with van der Waals surface area (Å²) in [6.45, 7) is 11.9. The monoisotopic (exact) mass is 1480 g/mol. The van der Waals surface area contributed by atoms with Gasteiger partial charge in [-0.05, 0) is 69.1 Å². The van der Waals surface area contributed by atoms with Crippen molar-refractivity contribution < 1.29 is 80.2 Å². The molecule has 0 heterocycles. The summed E-state index contributed by atoms with van der Waals surface area (Å²) in [4.78, 5) is 73.0. The Hall–Kier alpha value is -2.46. The molecular formula is C82H156O17P2. The summed E-state index contributed by atoms with van der Waals surface area (Å²) in [7, 11) is -9.93. The van der Waals surface area contributed by atoms with E-state index in [4.69, 9.17) is 37.0 Å². The van der Waals surface area contributed by atoms with Crippen molar-refractivity contribution in [2.24, 2.45) is 17.8 Å². The van der Waals surface area contributed by atoms with Gasteiger partial charge in [0.15, 0.2) is 12.2 Å². The fraction of sp³-hybridized carbons (Fsp3) is 0.902. The van der Waals surface area contributed by atoms with Crippen molar-refractivity contribution >= 4 is 39.5 Å². The molecule has 0 aliphatic heterocycles. The van der Waals surface area contributed by atoms with Gasteiger partial charge in [-0.2, -0.15) is 0 Å². The van der Waals surface area contributed by atoms with Gasteiger partial charge in [0.2, 0.25) is 0 Å². The lowest BCUT2D eigenvalue weighted by molar-refractivity contribution is -0.161. The Morgan fingerprint density at radius 1 is 0.327 bits per heavy atom. The molecule has 101 heavy (non-hydrogen) atoms. The first-order chi connectivity index (χ1) is 48.8. The van der Waals surface area contributed by atoms with Gasteiger partial charge in [0, 0.05) is 25.7 Å². The summed E-state index contributed by atoms with van der Waals surface area (Å²) in [6.07, 6.45) is 63.4. The molecule has 0 amide bonds. The van der Waals surface area contributed by atoms with E-state index in [-0.39, 0.29) is 25.7 Å². The first kappa shape index (κ1) is 98.5. The number of phosphoric ester groups is 2. The highest BCUT2D eigenvalue weighted by molar-refractivity contribution is 7.47. The maximum atomic E-state index is 13.1. The Morgan fingerprint density at radius 2 is 0.584 bits per heavy atom. The summed E-state index contributed by atoms with van der Waals surface area (Å²) >= 11 is 0. The molecule has 17 nitrogen and oxygen atoms in total. The second-order valence-corrected chi connectivity index (χ2v) is 32.9. The highest BCUT2D eigenvalue weighted by Crippen LogP contribution is 2.45. The molecule has 0 fully saturated rings. The average Bonchev–Trinajstić information content (AvgIpc) is 1.01. The Balaban J connectivity index is 5.24. The minimum Gasteiger partial charge on any atom is -0.462 e. The number of aliphatic hydroxyl groups is 1. The van der Waals surface area contributed by atoms with Crippen molar-refractivity contribution in [2.75, 3.05) is 39.6 Å². The SMILES string of the molecule is CCCCCC/C=C\C=C/CCCCCCCC(=O)O[C@H](COC(=O)CCCCCCCCCCCCCCCCCCC(C)C)COP(=O)(O)OC[C@@H](O)COP(=O)(O)OC[C@@H](COC(=O)CCCCCCCCC(C)C)OC(=O)CCCCCCCCCCCCCCCCC(C)CC. The van der Waals surface area contributed by atoms with Crippen LogP contribution in [0.5, 0.6) is 0 Å². The third kappa shape index (κ3) is 74.2. The molecule has 596 valence electrons. The van der Waals surface area contributed by atoms with Crippen molar-refractivity contribution in [2.45, 2.75) is 420 Å². The van der Waals surface area contributed by atoms with Crippen LogP contribution >= 0.6 is 15.6 Å². The van der Waals surface area contributed by atoms with E-state index in [0.29, 0.717) is 31.6 Å². The molecule has 0 aromatic heterocycles. The van der Waals surface area contributed by atoms with E-state index in [1.54, 1.807) is 0 Å². The van der Waals surface area contributed by atoms with Gasteiger partial charge < -0.3 is 33.8 Å². The molecular weight excluding hydrogens is 1320 g/mol. The Bertz CT molecular complexity index is 2050. The predicted octanol–water partition coefficient (Wildman–Crippen LogP) is 24.1. The Morgan fingerprint density at radius 3 is 0.881 bits per heavy atom. The van der Waals surface area contributed by atoms with E-state index in [2.05, 4.69) is 72.8 Å². The minimum atomic E-state index is -4.97. The zero-order valence-electron chi connectivity index (χ0n) is 65.9. The summed E-state index contributed by atoms with van der Waals surface area (Å²) in [6, 6.07) is 0. The Labute approximate surface area is 618 Å². The zero-order valence-corrected chi connectivity index (χ0v) is 67.6. The molecule has 0 spiro atoms. The van der Waals surface area contributed by atoms with Crippen LogP contribution < -0.4 is 0 Å². The van der Waals surface area contributed by atoms with E-state index in [1.807, 2.05) is 0 Å². The second-order valence-electron chi connectivity index (χ2n) is 30.0. The normalized spacial score (nSPS) is 14.4. The predicted molar refractivity (Wildman–Crippen MR) is 414 cm³/mol. The minimum absolute atomic E-state index is 0.0851. The van der Waals surface area contributed by atoms with Gasteiger partial charge >= 0.3 is 39.5 Å². The molecule has 0 radical (unpaired) electrons. The van der Waals surface area contributed by atoms with Gasteiger partial charge in [-0.15, -0.1) is 0 Å². The van der Waals surface area contributed by atoms with E-state index in [9.17, 15) is 43.2 Å². The maximum Gasteiger partial charge on any atom is 0.472 e. The lowest BCUT2D eigenvalue weighted by Gasteiger charge is -2.21. The van der Waals surface area contributed by atoms with Crippen molar-refractivity contribution in [3.05, 3.63) is 24.3 Å². The highest BCUT2D eigenvalue weighted by atomic mass is 31.2. The van der Waals surface area contributed by atoms with E-state index in [0.717, 1.165) is 121 Å². The highest BCUT2D eigenvalue weighted by Gasteiger charge is 2.30. The molecule has 0 aliphatic rings. The molecule has 0 aromatic carbocycles. The molecule has 0 aliphatic carbocycles. The van der Waals surface area contributed by atoms with Gasteiger partial charge in [0.25, 0.3) is 0 Å². The summed E-state index contributed by atoms with van der Waals surface area (Å²) < 4.78 is 68.7. The summed E-state index contributed by atoms with van der Waals surface area (Å²) in [5.74, 6) is 0.190. The van der Waals surface area contributed by atoms with Crippen LogP contribution in [0.1, 0.15) is 402 Å². The standard InChI is InChI=1S/C82H156O17P2/c1-8-10-11-12-13-14-15-16-19-27-32-37-42-51-58-65-81(86)98-77(69-92-79(84)63-56-49-41-36-31-26-21-18-17-20-24-29-34-39-46-53-60-73(3)4)71-96-100(88,89)94-67-76(83)68-95-101(90,91)97-72-78(70-93-80(85)64-57-50-45-44-47-54-61-74(5)6)99-82(87)66-59-52-43-38-33-28-23-22-25-30-35-40-48-55-62-75(7)9-2/h14-16,19,73-78,83H,8-13,17-18,20-72H2,1-7H3,(H,88,89)(H,90,91)/b15-14-,19-16-/t75?,76-,77-,78-/m1/s1. The number of allylic oxidation sites excluding steroid dienone is 4. The fourth-order valence-corrected chi connectivity index (χ4v) is 13.7. The summed E-state index contributed by atoms with van der Waals surface area (Å²) in [5.41, 5.74) is 0. The number of rotatable bonds is 78. The van der Waals surface area contributed by atoms with E-state index >= 15 is 0 Å². The maximum absolute atomic E-state index is 13.1. The molecule has 0 aromatic rings. The van der Waals surface area contributed by atoms with Gasteiger partial charge in [-0.1, -0.05) is 349 Å².